The van der Waals surface area contributed by atoms with Gasteiger partial charge in [0.05, 0.1) is 19.8 Å². The third kappa shape index (κ3) is 6.77. The lowest BCUT2D eigenvalue weighted by atomic mass is 10.1. The number of aliphatic hydroxyl groups excluding tert-OH is 4. The van der Waals surface area contributed by atoms with Gasteiger partial charge in [-0.1, -0.05) is 6.92 Å². The molecule has 1 amide bonds. The van der Waals surface area contributed by atoms with Crippen LogP contribution in [0.15, 0.2) is 0 Å². The van der Waals surface area contributed by atoms with Gasteiger partial charge in [0.15, 0.2) is 0 Å². The maximum atomic E-state index is 11.5. The van der Waals surface area contributed by atoms with Crippen LogP contribution in [-0.2, 0) is 19.1 Å². The van der Waals surface area contributed by atoms with E-state index in [1.165, 1.54) is 13.8 Å². The van der Waals surface area contributed by atoms with Crippen molar-refractivity contribution in [3.05, 3.63) is 0 Å². The smallest absolute Gasteiger partial charge is 0.364 e. The highest BCUT2D eigenvalue weighted by molar-refractivity contribution is 5.75. The van der Waals surface area contributed by atoms with Crippen molar-refractivity contribution in [2.24, 2.45) is 0 Å². The number of aliphatic carboxylic acids is 1. The molecular formula is C13H25NO9. The fourth-order valence-corrected chi connectivity index (χ4v) is 1.77. The van der Waals surface area contributed by atoms with Gasteiger partial charge < -0.3 is 40.3 Å². The van der Waals surface area contributed by atoms with Gasteiger partial charge in [0.2, 0.25) is 5.91 Å². The van der Waals surface area contributed by atoms with E-state index in [0.717, 1.165) is 0 Å². The summed E-state index contributed by atoms with van der Waals surface area (Å²) in [6.45, 7) is 0.784. The number of nitrogens with one attached hydrogen (secondary N) is 1. The largest absolute Gasteiger partial charge is 0.477 e. The van der Waals surface area contributed by atoms with Crippen molar-refractivity contribution in [2.75, 3.05) is 26.4 Å². The van der Waals surface area contributed by atoms with Crippen LogP contribution in [0.5, 0.6) is 0 Å². The molecule has 0 aliphatic heterocycles. The predicted molar refractivity (Wildman–Crippen MR) is 76.4 cm³/mol. The van der Waals surface area contributed by atoms with Gasteiger partial charge in [0.1, 0.15) is 18.3 Å². The molecule has 0 saturated heterocycles. The summed E-state index contributed by atoms with van der Waals surface area (Å²) in [7, 11) is 0. The number of amides is 1. The van der Waals surface area contributed by atoms with Crippen molar-refractivity contribution in [2.45, 2.75) is 44.4 Å². The third-order valence-corrected chi connectivity index (χ3v) is 3.07. The van der Waals surface area contributed by atoms with Crippen molar-refractivity contribution < 1.29 is 44.6 Å². The number of hydrogen-bond acceptors (Lipinski definition) is 8. The number of carboxylic acids is 1. The van der Waals surface area contributed by atoms with Gasteiger partial charge in [-0.15, -0.1) is 0 Å². The zero-order valence-corrected chi connectivity index (χ0v) is 13.1. The maximum absolute atomic E-state index is 11.5. The second-order valence-corrected chi connectivity index (χ2v) is 4.82. The van der Waals surface area contributed by atoms with Gasteiger partial charge in [-0.05, 0) is 0 Å². The first-order valence-corrected chi connectivity index (χ1v) is 7.11. The Morgan fingerprint density at radius 1 is 1.26 bits per heavy atom. The standard InChI is InChI=1S/C13H25NO9/c1-3-13(12(20)21,22-5-4-15)23-10(6-14-8(2)17)11(19)9(18)7-16/h9-11,15-16,18-19H,3-7H2,1-2H3,(H,14,17)(H,20,21)/t9-,10?,11-,13-/m1/s1. The topological polar surface area (TPSA) is 166 Å². The molecule has 4 atom stereocenters. The third-order valence-electron chi connectivity index (χ3n) is 3.07. The van der Waals surface area contributed by atoms with Crippen molar-refractivity contribution in [3.63, 3.8) is 0 Å². The lowest BCUT2D eigenvalue weighted by Crippen LogP contribution is -2.55. The predicted octanol–water partition coefficient (Wildman–Crippen LogP) is -2.58. The quantitative estimate of drug-likeness (QED) is 0.209. The Morgan fingerprint density at radius 2 is 1.87 bits per heavy atom. The first-order chi connectivity index (χ1) is 10.7. The monoisotopic (exact) mass is 339 g/mol. The SMILES string of the molecule is CC[C@@](OCCO)(OC(CNC(C)=O)[C@H](O)[C@H](O)CO)C(=O)O. The van der Waals surface area contributed by atoms with E-state index in [2.05, 4.69) is 5.32 Å². The lowest BCUT2D eigenvalue weighted by Gasteiger charge is -2.35. The van der Waals surface area contributed by atoms with Crippen molar-refractivity contribution in [1.29, 1.82) is 0 Å². The van der Waals surface area contributed by atoms with Crippen LogP contribution in [0.4, 0.5) is 0 Å². The van der Waals surface area contributed by atoms with Crippen LogP contribution in [0, 0.1) is 0 Å². The molecule has 136 valence electrons. The number of carbonyl (C=O) groups is 2. The minimum atomic E-state index is -2.18. The van der Waals surface area contributed by atoms with Crippen LogP contribution in [0.2, 0.25) is 0 Å². The van der Waals surface area contributed by atoms with Crippen LogP contribution in [0.3, 0.4) is 0 Å². The summed E-state index contributed by atoms with van der Waals surface area (Å²) in [5.74, 6) is -4.13. The number of aliphatic hydroxyl groups is 4. The Balaban J connectivity index is 5.31. The van der Waals surface area contributed by atoms with E-state index in [1.807, 2.05) is 0 Å². The Bertz CT molecular complexity index is 378. The van der Waals surface area contributed by atoms with Gasteiger partial charge in [-0.3, -0.25) is 4.79 Å². The van der Waals surface area contributed by atoms with Crippen molar-refractivity contribution >= 4 is 11.9 Å². The van der Waals surface area contributed by atoms with E-state index in [0.29, 0.717) is 0 Å². The van der Waals surface area contributed by atoms with Gasteiger partial charge in [-0.25, -0.2) is 4.79 Å². The molecule has 0 aromatic rings. The summed E-state index contributed by atoms with van der Waals surface area (Å²) in [4.78, 5) is 22.5. The summed E-state index contributed by atoms with van der Waals surface area (Å²) in [5.41, 5.74) is 0. The fourth-order valence-electron chi connectivity index (χ4n) is 1.77. The first-order valence-electron chi connectivity index (χ1n) is 7.11. The molecule has 0 saturated carbocycles. The first kappa shape index (κ1) is 21.7. The minimum absolute atomic E-state index is 0.166. The number of carboxylic acid groups (broad SMARTS) is 1. The molecule has 0 spiro atoms. The molecular weight excluding hydrogens is 314 g/mol. The molecule has 0 aliphatic rings. The van der Waals surface area contributed by atoms with E-state index in [9.17, 15) is 24.9 Å². The molecule has 0 rings (SSSR count). The van der Waals surface area contributed by atoms with E-state index in [-0.39, 0.29) is 19.6 Å². The van der Waals surface area contributed by atoms with Crippen LogP contribution >= 0.6 is 0 Å². The minimum Gasteiger partial charge on any atom is -0.477 e. The molecule has 0 aliphatic carbocycles. The summed E-state index contributed by atoms with van der Waals surface area (Å²) in [6.07, 6.45) is -4.80. The van der Waals surface area contributed by atoms with E-state index < -0.39 is 49.2 Å². The van der Waals surface area contributed by atoms with E-state index in [4.69, 9.17) is 19.7 Å². The molecule has 0 aromatic carbocycles. The van der Waals surface area contributed by atoms with Gasteiger partial charge in [-0.2, -0.15) is 0 Å². The molecule has 0 heterocycles. The van der Waals surface area contributed by atoms with Gasteiger partial charge >= 0.3 is 5.97 Å². The molecule has 10 nitrogen and oxygen atoms in total. The Labute approximate surface area is 133 Å². The highest BCUT2D eigenvalue weighted by Crippen LogP contribution is 2.23. The number of carbonyl (C=O) groups excluding carboxylic acids is 1. The van der Waals surface area contributed by atoms with Crippen molar-refractivity contribution in [1.82, 2.24) is 5.32 Å². The molecule has 0 radical (unpaired) electrons. The number of ether oxygens (including phenoxy) is 2. The van der Waals surface area contributed by atoms with E-state index >= 15 is 0 Å². The molecule has 0 bridgehead atoms. The van der Waals surface area contributed by atoms with E-state index in [1.54, 1.807) is 0 Å². The average Bonchev–Trinajstić information content (AvgIpc) is 2.52. The maximum Gasteiger partial charge on any atom is 0.364 e. The summed E-state index contributed by atoms with van der Waals surface area (Å²) >= 11 is 0. The zero-order chi connectivity index (χ0) is 18.0. The van der Waals surface area contributed by atoms with Crippen LogP contribution < -0.4 is 5.32 Å². The Morgan fingerprint density at radius 3 is 2.26 bits per heavy atom. The average molecular weight is 339 g/mol. The second kappa shape index (κ2) is 10.5. The second-order valence-electron chi connectivity index (χ2n) is 4.82. The molecule has 0 fully saturated rings. The highest BCUT2D eigenvalue weighted by Gasteiger charge is 2.44. The molecule has 23 heavy (non-hydrogen) atoms. The summed E-state index contributed by atoms with van der Waals surface area (Å²) in [6, 6.07) is 0. The zero-order valence-electron chi connectivity index (χ0n) is 13.1. The highest BCUT2D eigenvalue weighted by atomic mass is 16.7. The molecule has 6 N–H and O–H groups in total. The molecule has 0 aromatic heterocycles. The Kier molecular flexibility index (Phi) is 9.88. The van der Waals surface area contributed by atoms with Gasteiger partial charge in [0.25, 0.3) is 5.79 Å². The van der Waals surface area contributed by atoms with Crippen LogP contribution in [-0.4, -0.2) is 87.9 Å². The molecule has 1 unspecified atom stereocenters. The number of rotatable bonds is 12. The van der Waals surface area contributed by atoms with Gasteiger partial charge in [0, 0.05) is 19.9 Å². The normalized spacial score (nSPS) is 17.8. The summed E-state index contributed by atoms with van der Waals surface area (Å²) < 4.78 is 10.4. The summed E-state index contributed by atoms with van der Waals surface area (Å²) in [5, 5.41) is 48.9. The molecule has 10 heteroatoms. The lowest BCUT2D eigenvalue weighted by molar-refractivity contribution is -0.277. The van der Waals surface area contributed by atoms with Crippen LogP contribution in [0.25, 0.3) is 0 Å². The van der Waals surface area contributed by atoms with Crippen LogP contribution in [0.1, 0.15) is 20.3 Å². The Hall–Kier alpha value is -1.30. The fraction of sp³-hybridized carbons (Fsp3) is 0.846. The number of hydrogen-bond donors (Lipinski definition) is 6. The van der Waals surface area contributed by atoms with Crippen molar-refractivity contribution in [3.8, 4) is 0 Å².